The standard InChI is InChI=1S/C17H16ClF3N2O4/c1-16(2,3)27-15(26)23-8-10(24)7-13(23)14(25)22-9-4-5-12(18)11(6-9)17(19,20)21/h4-8,24H,1-3H3,(H,22,25). The summed E-state index contributed by atoms with van der Waals surface area (Å²) in [5, 5.41) is 11.3. The van der Waals surface area contributed by atoms with Gasteiger partial charge in [-0.1, -0.05) is 11.6 Å². The van der Waals surface area contributed by atoms with Crippen molar-refractivity contribution in [1.82, 2.24) is 4.57 Å². The first-order chi connectivity index (χ1) is 12.3. The minimum absolute atomic E-state index is 0.187. The number of aromatic hydroxyl groups is 1. The first kappa shape index (κ1) is 20.6. The van der Waals surface area contributed by atoms with Gasteiger partial charge < -0.3 is 15.2 Å². The van der Waals surface area contributed by atoms with Gasteiger partial charge in [0.1, 0.15) is 17.0 Å². The Morgan fingerprint density at radius 2 is 1.81 bits per heavy atom. The molecule has 1 heterocycles. The molecule has 0 unspecified atom stereocenters. The Balaban J connectivity index is 2.31. The Bertz CT molecular complexity index is 885. The highest BCUT2D eigenvalue weighted by Gasteiger charge is 2.33. The molecule has 0 atom stereocenters. The van der Waals surface area contributed by atoms with Crippen LogP contribution in [-0.2, 0) is 10.9 Å². The topological polar surface area (TPSA) is 80.6 Å². The van der Waals surface area contributed by atoms with E-state index in [1.165, 1.54) is 6.07 Å². The molecule has 0 bridgehead atoms. The SMILES string of the molecule is CC(C)(C)OC(=O)n1cc(O)cc1C(=O)Nc1ccc(Cl)c(C(F)(F)F)c1. The molecule has 0 saturated heterocycles. The van der Waals surface area contributed by atoms with Crippen molar-refractivity contribution < 1.29 is 32.6 Å². The van der Waals surface area contributed by atoms with Gasteiger partial charge in [0.2, 0.25) is 0 Å². The van der Waals surface area contributed by atoms with E-state index >= 15 is 0 Å². The quantitative estimate of drug-likeness (QED) is 0.746. The van der Waals surface area contributed by atoms with Crippen molar-refractivity contribution in [2.45, 2.75) is 32.5 Å². The molecule has 27 heavy (non-hydrogen) atoms. The smallest absolute Gasteiger partial charge is 0.419 e. The number of hydrogen-bond donors (Lipinski definition) is 2. The molecule has 1 amide bonds. The Morgan fingerprint density at radius 3 is 2.37 bits per heavy atom. The van der Waals surface area contributed by atoms with Gasteiger partial charge in [-0.05, 0) is 39.0 Å². The lowest BCUT2D eigenvalue weighted by atomic mass is 10.2. The van der Waals surface area contributed by atoms with E-state index in [1.54, 1.807) is 20.8 Å². The fraction of sp³-hybridized carbons (Fsp3) is 0.294. The zero-order valence-electron chi connectivity index (χ0n) is 14.5. The zero-order chi connectivity index (χ0) is 20.6. The number of hydrogen-bond acceptors (Lipinski definition) is 4. The second kappa shape index (κ2) is 7.15. The summed E-state index contributed by atoms with van der Waals surface area (Å²) in [6.07, 6.45) is -4.67. The average Bonchev–Trinajstić information content (AvgIpc) is 2.88. The summed E-state index contributed by atoms with van der Waals surface area (Å²) in [5.41, 5.74) is -2.48. The Hall–Kier alpha value is -2.68. The van der Waals surface area contributed by atoms with E-state index in [0.717, 1.165) is 22.9 Å². The molecule has 2 rings (SSSR count). The summed E-state index contributed by atoms with van der Waals surface area (Å²) in [7, 11) is 0. The van der Waals surface area contributed by atoms with Crippen LogP contribution in [0.5, 0.6) is 5.75 Å². The van der Waals surface area contributed by atoms with Crippen LogP contribution in [0.15, 0.2) is 30.5 Å². The number of carbonyl (C=O) groups excluding carboxylic acids is 2. The van der Waals surface area contributed by atoms with E-state index in [-0.39, 0.29) is 11.4 Å². The van der Waals surface area contributed by atoms with Crippen LogP contribution in [0.4, 0.5) is 23.7 Å². The van der Waals surface area contributed by atoms with Gasteiger partial charge in [-0.15, -0.1) is 0 Å². The maximum Gasteiger partial charge on any atom is 0.419 e. The number of nitrogens with zero attached hydrogens (tertiary/aromatic N) is 1. The van der Waals surface area contributed by atoms with Crippen LogP contribution in [0, 0.1) is 0 Å². The molecule has 2 N–H and O–H groups in total. The van der Waals surface area contributed by atoms with Crippen LogP contribution >= 0.6 is 11.6 Å². The molecule has 0 radical (unpaired) electrons. The molecular formula is C17H16ClF3N2O4. The van der Waals surface area contributed by atoms with Gasteiger partial charge in [-0.3, -0.25) is 4.79 Å². The van der Waals surface area contributed by atoms with Crippen molar-refractivity contribution in [3.8, 4) is 5.75 Å². The number of carbonyl (C=O) groups is 2. The molecule has 1 aromatic carbocycles. The number of anilines is 1. The second-order valence-corrected chi connectivity index (χ2v) is 6.99. The zero-order valence-corrected chi connectivity index (χ0v) is 15.3. The van der Waals surface area contributed by atoms with Gasteiger partial charge in [0.25, 0.3) is 5.91 Å². The lowest BCUT2D eigenvalue weighted by Crippen LogP contribution is -2.29. The van der Waals surface area contributed by atoms with E-state index in [4.69, 9.17) is 16.3 Å². The number of rotatable bonds is 2. The number of aromatic nitrogens is 1. The van der Waals surface area contributed by atoms with E-state index in [1.807, 2.05) is 0 Å². The predicted octanol–water partition coefficient (Wildman–Crippen LogP) is 4.90. The molecule has 1 aromatic heterocycles. The monoisotopic (exact) mass is 404 g/mol. The predicted molar refractivity (Wildman–Crippen MR) is 92.1 cm³/mol. The van der Waals surface area contributed by atoms with Crippen LogP contribution in [0.3, 0.4) is 0 Å². The maximum atomic E-state index is 12.9. The number of ether oxygens (including phenoxy) is 1. The summed E-state index contributed by atoms with van der Waals surface area (Å²) < 4.78 is 44.7. The van der Waals surface area contributed by atoms with Crippen molar-refractivity contribution in [3.63, 3.8) is 0 Å². The molecule has 6 nitrogen and oxygen atoms in total. The van der Waals surface area contributed by atoms with E-state index in [9.17, 15) is 27.9 Å². The first-order valence-corrected chi connectivity index (χ1v) is 7.98. The van der Waals surface area contributed by atoms with E-state index in [2.05, 4.69) is 5.32 Å². The number of nitrogens with one attached hydrogen (secondary N) is 1. The van der Waals surface area contributed by atoms with Crippen molar-refractivity contribution in [2.24, 2.45) is 0 Å². The molecule has 0 aliphatic rings. The highest BCUT2D eigenvalue weighted by atomic mass is 35.5. The normalized spacial score (nSPS) is 12.0. The van der Waals surface area contributed by atoms with Crippen LogP contribution < -0.4 is 5.32 Å². The third kappa shape index (κ3) is 5.16. The summed E-state index contributed by atoms with van der Waals surface area (Å²) in [5.74, 6) is -1.31. The molecule has 0 saturated carbocycles. The third-order valence-corrected chi connectivity index (χ3v) is 3.49. The number of alkyl halides is 3. The Labute approximate surface area is 157 Å². The second-order valence-electron chi connectivity index (χ2n) is 6.58. The molecule has 0 aliphatic heterocycles. The fourth-order valence-electron chi connectivity index (χ4n) is 2.10. The van der Waals surface area contributed by atoms with Gasteiger partial charge in [0.15, 0.2) is 0 Å². The molecule has 146 valence electrons. The molecule has 10 heteroatoms. The summed E-state index contributed by atoms with van der Waals surface area (Å²) in [6.45, 7) is 4.83. The average molecular weight is 405 g/mol. The number of amides is 1. The van der Waals surface area contributed by atoms with Crippen molar-refractivity contribution in [2.75, 3.05) is 5.32 Å². The molecular weight excluding hydrogens is 389 g/mol. The maximum absolute atomic E-state index is 12.9. The minimum Gasteiger partial charge on any atom is -0.506 e. The van der Waals surface area contributed by atoms with Crippen molar-refractivity contribution in [3.05, 3.63) is 46.7 Å². The number of halogens is 4. The third-order valence-electron chi connectivity index (χ3n) is 3.16. The lowest BCUT2D eigenvalue weighted by Gasteiger charge is -2.20. The molecule has 2 aromatic rings. The summed E-state index contributed by atoms with van der Waals surface area (Å²) in [4.78, 5) is 24.6. The van der Waals surface area contributed by atoms with Crippen molar-refractivity contribution >= 4 is 29.3 Å². The van der Waals surface area contributed by atoms with E-state index < -0.39 is 40.1 Å². The first-order valence-electron chi connectivity index (χ1n) is 7.61. The van der Waals surface area contributed by atoms with Crippen molar-refractivity contribution in [1.29, 1.82) is 0 Å². The highest BCUT2D eigenvalue weighted by molar-refractivity contribution is 6.31. The Morgan fingerprint density at radius 1 is 1.19 bits per heavy atom. The van der Waals surface area contributed by atoms with Gasteiger partial charge in [-0.25, -0.2) is 9.36 Å². The van der Waals surface area contributed by atoms with Gasteiger partial charge in [-0.2, -0.15) is 13.2 Å². The van der Waals surface area contributed by atoms with Gasteiger partial charge >= 0.3 is 12.3 Å². The summed E-state index contributed by atoms with van der Waals surface area (Å²) in [6, 6.07) is 3.82. The molecule has 0 aliphatic carbocycles. The molecule has 0 spiro atoms. The van der Waals surface area contributed by atoms with Gasteiger partial charge in [0, 0.05) is 11.8 Å². The minimum atomic E-state index is -4.70. The van der Waals surface area contributed by atoms with Crippen LogP contribution in [0.1, 0.15) is 36.8 Å². The lowest BCUT2D eigenvalue weighted by molar-refractivity contribution is -0.137. The fourth-order valence-corrected chi connectivity index (χ4v) is 2.33. The van der Waals surface area contributed by atoms with Crippen LogP contribution in [0.2, 0.25) is 5.02 Å². The summed E-state index contributed by atoms with van der Waals surface area (Å²) >= 11 is 5.53. The van der Waals surface area contributed by atoms with Crippen LogP contribution in [0.25, 0.3) is 0 Å². The largest absolute Gasteiger partial charge is 0.506 e. The highest BCUT2D eigenvalue weighted by Crippen LogP contribution is 2.36. The van der Waals surface area contributed by atoms with Crippen LogP contribution in [-0.4, -0.2) is 27.3 Å². The van der Waals surface area contributed by atoms with E-state index in [0.29, 0.717) is 6.07 Å². The Kier molecular flexibility index (Phi) is 5.46. The number of benzene rings is 1. The van der Waals surface area contributed by atoms with Gasteiger partial charge in [0.05, 0.1) is 16.8 Å². The molecule has 0 fully saturated rings.